The third kappa shape index (κ3) is 4.69. The summed E-state index contributed by atoms with van der Waals surface area (Å²) < 4.78 is 11.7. The van der Waals surface area contributed by atoms with Crippen molar-refractivity contribution < 1.29 is 19.1 Å². The van der Waals surface area contributed by atoms with Gasteiger partial charge in [-0.15, -0.1) is 0 Å². The minimum Gasteiger partial charge on any atom is -0.465 e. The average Bonchev–Trinajstić information content (AvgIpc) is 2.89. The van der Waals surface area contributed by atoms with Crippen LogP contribution in [0.25, 0.3) is 0 Å². The SMILES string of the molecule is CCOC(=O)Cn1c(=O)sn([C@@H](Cc2ccccc2)C(=O)OCC)c1=O. The van der Waals surface area contributed by atoms with Crippen LogP contribution in [0.15, 0.2) is 39.9 Å². The topological polar surface area (TPSA) is 96.6 Å². The maximum atomic E-state index is 12.6. The van der Waals surface area contributed by atoms with Gasteiger partial charge in [-0.1, -0.05) is 30.3 Å². The first-order chi connectivity index (χ1) is 12.5. The van der Waals surface area contributed by atoms with E-state index in [-0.39, 0.29) is 19.6 Å². The average molecular weight is 380 g/mol. The van der Waals surface area contributed by atoms with Gasteiger partial charge >= 0.3 is 22.5 Å². The largest absolute Gasteiger partial charge is 0.465 e. The Bertz CT molecular complexity index is 867. The fraction of sp³-hybridized carbons (Fsp3) is 0.412. The molecular formula is C17H20N2O6S. The lowest BCUT2D eigenvalue weighted by Crippen LogP contribution is -2.36. The Labute approximate surface area is 153 Å². The molecule has 9 heteroatoms. The third-order valence-corrected chi connectivity index (χ3v) is 4.51. The van der Waals surface area contributed by atoms with E-state index in [0.29, 0.717) is 11.5 Å². The van der Waals surface area contributed by atoms with E-state index in [9.17, 15) is 19.2 Å². The second kappa shape index (κ2) is 9.14. The van der Waals surface area contributed by atoms with Crippen LogP contribution in [0, 0.1) is 0 Å². The van der Waals surface area contributed by atoms with Gasteiger partial charge in [0.25, 0.3) is 0 Å². The van der Waals surface area contributed by atoms with Crippen molar-refractivity contribution in [1.29, 1.82) is 0 Å². The monoisotopic (exact) mass is 380 g/mol. The zero-order valence-corrected chi connectivity index (χ0v) is 15.4. The van der Waals surface area contributed by atoms with Crippen molar-refractivity contribution in [3.05, 3.63) is 56.0 Å². The summed E-state index contributed by atoms with van der Waals surface area (Å²) in [6, 6.07) is 8.11. The molecule has 0 N–H and O–H groups in total. The van der Waals surface area contributed by atoms with Gasteiger partial charge in [0.2, 0.25) is 0 Å². The van der Waals surface area contributed by atoms with E-state index in [2.05, 4.69) is 0 Å². The molecule has 0 radical (unpaired) electrons. The predicted molar refractivity (Wildman–Crippen MR) is 95.3 cm³/mol. The Morgan fingerprint density at radius 1 is 1.08 bits per heavy atom. The van der Waals surface area contributed by atoms with E-state index in [1.807, 2.05) is 30.3 Å². The van der Waals surface area contributed by atoms with E-state index >= 15 is 0 Å². The Hall–Kier alpha value is -2.68. The molecule has 0 amide bonds. The van der Waals surface area contributed by atoms with Crippen molar-refractivity contribution in [3.8, 4) is 0 Å². The van der Waals surface area contributed by atoms with Crippen molar-refractivity contribution in [2.24, 2.45) is 0 Å². The van der Waals surface area contributed by atoms with Crippen molar-refractivity contribution in [2.75, 3.05) is 13.2 Å². The summed E-state index contributed by atoms with van der Waals surface area (Å²) in [7, 11) is 0. The summed E-state index contributed by atoms with van der Waals surface area (Å²) in [6.45, 7) is 3.09. The number of aromatic nitrogens is 2. The molecule has 1 aromatic carbocycles. The standard InChI is InChI=1S/C17H20N2O6S/c1-3-24-14(20)11-18-16(22)19(26-17(18)23)13(15(21)25-4-2)10-12-8-6-5-7-9-12/h5-9,13H,3-4,10-11H2,1-2H3/t13-/m0/s1. The van der Waals surface area contributed by atoms with Crippen LogP contribution >= 0.6 is 11.5 Å². The molecule has 0 unspecified atom stereocenters. The molecule has 2 aromatic rings. The van der Waals surface area contributed by atoms with Gasteiger partial charge < -0.3 is 9.47 Å². The lowest BCUT2D eigenvalue weighted by atomic mass is 10.1. The van der Waals surface area contributed by atoms with E-state index in [4.69, 9.17) is 9.47 Å². The number of carbonyl (C=O) groups excluding carboxylic acids is 2. The first-order valence-electron chi connectivity index (χ1n) is 8.16. The molecule has 1 heterocycles. The van der Waals surface area contributed by atoms with Gasteiger partial charge in [0.1, 0.15) is 6.54 Å². The molecular weight excluding hydrogens is 360 g/mol. The highest BCUT2D eigenvalue weighted by molar-refractivity contribution is 7.03. The number of nitrogens with zero attached hydrogens (tertiary/aromatic N) is 2. The third-order valence-electron chi connectivity index (χ3n) is 3.52. The molecule has 8 nitrogen and oxygen atoms in total. The number of hydrogen-bond acceptors (Lipinski definition) is 7. The minimum absolute atomic E-state index is 0.144. The molecule has 1 aromatic heterocycles. The van der Waals surface area contributed by atoms with Gasteiger partial charge in [0.05, 0.1) is 13.2 Å². The summed E-state index contributed by atoms with van der Waals surface area (Å²) in [5.74, 6) is -1.30. The molecule has 140 valence electrons. The summed E-state index contributed by atoms with van der Waals surface area (Å²) in [4.78, 5) is 48.1. The normalized spacial score (nSPS) is 11.8. The Morgan fingerprint density at radius 3 is 2.35 bits per heavy atom. The zero-order chi connectivity index (χ0) is 19.1. The van der Waals surface area contributed by atoms with Crippen molar-refractivity contribution in [2.45, 2.75) is 32.9 Å². The predicted octanol–water partition coefficient (Wildman–Crippen LogP) is 0.982. The number of ether oxygens (including phenoxy) is 2. The molecule has 26 heavy (non-hydrogen) atoms. The van der Waals surface area contributed by atoms with Crippen molar-refractivity contribution in [1.82, 2.24) is 8.52 Å². The van der Waals surface area contributed by atoms with Crippen LogP contribution in [0.1, 0.15) is 25.5 Å². The molecule has 0 spiro atoms. The Balaban J connectivity index is 2.38. The number of benzene rings is 1. The fourth-order valence-corrected chi connectivity index (χ4v) is 3.25. The van der Waals surface area contributed by atoms with Gasteiger partial charge in [-0.3, -0.25) is 9.59 Å². The van der Waals surface area contributed by atoms with Crippen LogP contribution in [0.4, 0.5) is 0 Å². The molecule has 0 fully saturated rings. The lowest BCUT2D eigenvalue weighted by Gasteiger charge is -2.15. The van der Waals surface area contributed by atoms with Crippen LogP contribution in [-0.2, 0) is 32.0 Å². The molecule has 0 saturated carbocycles. The smallest absolute Gasteiger partial charge is 0.342 e. The van der Waals surface area contributed by atoms with E-state index in [1.165, 1.54) is 0 Å². The first-order valence-corrected chi connectivity index (χ1v) is 8.94. The molecule has 0 bridgehead atoms. The maximum absolute atomic E-state index is 12.6. The molecule has 0 aliphatic rings. The van der Waals surface area contributed by atoms with Crippen LogP contribution in [0.3, 0.4) is 0 Å². The van der Waals surface area contributed by atoms with Crippen LogP contribution in [0.2, 0.25) is 0 Å². The second-order valence-electron chi connectivity index (χ2n) is 5.31. The molecule has 2 rings (SSSR count). The number of hydrogen-bond donors (Lipinski definition) is 0. The van der Waals surface area contributed by atoms with E-state index in [1.54, 1.807) is 13.8 Å². The van der Waals surface area contributed by atoms with Gasteiger partial charge in [-0.25, -0.2) is 18.1 Å². The molecule has 0 aliphatic heterocycles. The highest BCUT2D eigenvalue weighted by Gasteiger charge is 2.27. The fourth-order valence-electron chi connectivity index (χ4n) is 2.37. The number of carbonyl (C=O) groups is 2. The van der Waals surface area contributed by atoms with Crippen molar-refractivity contribution >= 4 is 23.5 Å². The van der Waals surface area contributed by atoms with E-state index < -0.39 is 35.1 Å². The molecule has 0 aliphatic carbocycles. The molecule has 1 atom stereocenters. The zero-order valence-electron chi connectivity index (χ0n) is 14.5. The van der Waals surface area contributed by atoms with Crippen molar-refractivity contribution in [3.63, 3.8) is 0 Å². The first kappa shape index (κ1) is 19.6. The Morgan fingerprint density at radius 2 is 1.73 bits per heavy atom. The van der Waals surface area contributed by atoms with Gasteiger partial charge in [0.15, 0.2) is 6.04 Å². The summed E-state index contributed by atoms with van der Waals surface area (Å²) >= 11 is 0.586. The highest BCUT2D eigenvalue weighted by Crippen LogP contribution is 2.16. The Kier molecular flexibility index (Phi) is 6.90. The summed E-state index contributed by atoms with van der Waals surface area (Å²) in [5.41, 5.74) is 0.0808. The quantitative estimate of drug-likeness (QED) is 0.634. The van der Waals surface area contributed by atoms with Gasteiger partial charge in [-0.05, 0) is 19.4 Å². The van der Waals surface area contributed by atoms with Gasteiger partial charge in [-0.2, -0.15) is 0 Å². The molecule has 0 saturated heterocycles. The number of rotatable bonds is 8. The van der Waals surface area contributed by atoms with Crippen LogP contribution < -0.4 is 10.6 Å². The minimum atomic E-state index is -0.981. The summed E-state index contributed by atoms with van der Waals surface area (Å²) in [6.07, 6.45) is 0.193. The maximum Gasteiger partial charge on any atom is 0.342 e. The second-order valence-corrected chi connectivity index (χ2v) is 6.24. The van der Waals surface area contributed by atoms with Gasteiger partial charge in [0, 0.05) is 18.0 Å². The number of esters is 2. The van der Waals surface area contributed by atoms with Crippen LogP contribution in [0.5, 0.6) is 0 Å². The van der Waals surface area contributed by atoms with Crippen LogP contribution in [-0.4, -0.2) is 33.7 Å². The lowest BCUT2D eigenvalue weighted by molar-refractivity contribution is -0.147. The van der Waals surface area contributed by atoms with E-state index in [0.717, 1.165) is 14.1 Å². The highest BCUT2D eigenvalue weighted by atomic mass is 32.1. The summed E-state index contributed by atoms with van der Waals surface area (Å²) in [5, 5.41) is 0.